The molecule has 0 spiro atoms. The molecule has 1 atom stereocenters. The maximum atomic E-state index is 11.5. The molecule has 4 nitrogen and oxygen atoms in total. The van der Waals surface area contributed by atoms with Crippen molar-refractivity contribution in [1.29, 1.82) is 0 Å². The number of hydrogen-bond acceptors (Lipinski definition) is 3. The molecule has 1 aliphatic heterocycles. The van der Waals surface area contributed by atoms with Crippen molar-refractivity contribution in [2.45, 2.75) is 38.0 Å². The first kappa shape index (κ1) is 21.5. The lowest BCUT2D eigenvalue weighted by Crippen LogP contribution is -2.29. The quantitative estimate of drug-likeness (QED) is 0.272. The van der Waals surface area contributed by atoms with Crippen LogP contribution in [0.1, 0.15) is 49.3 Å². The molecule has 172 valence electrons. The van der Waals surface area contributed by atoms with Crippen molar-refractivity contribution in [1.82, 2.24) is 0 Å². The third kappa shape index (κ3) is 3.48. The van der Waals surface area contributed by atoms with E-state index in [1.165, 1.54) is 22.4 Å². The van der Waals surface area contributed by atoms with E-state index < -0.39 is 0 Å². The Kier molecular flexibility index (Phi) is 5.10. The van der Waals surface area contributed by atoms with Crippen LogP contribution in [0.15, 0.2) is 95.5 Å². The first-order valence-electron chi connectivity index (χ1n) is 12.2. The molecular weight excluding hydrogens is 432 g/mol. The number of non-ortho nitro benzene ring substituents is 1. The minimum absolute atomic E-state index is 0.100. The molecule has 0 bridgehead atoms. The highest BCUT2D eigenvalue weighted by Crippen LogP contribution is 2.49. The van der Waals surface area contributed by atoms with Gasteiger partial charge in [-0.05, 0) is 53.5 Å². The number of allylic oxidation sites excluding steroid dienone is 7. The molecule has 3 aromatic rings. The zero-order chi connectivity index (χ0) is 24.0. The van der Waals surface area contributed by atoms with E-state index >= 15 is 0 Å². The van der Waals surface area contributed by atoms with Crippen LogP contribution in [-0.2, 0) is 5.41 Å². The van der Waals surface area contributed by atoms with Gasteiger partial charge in [-0.25, -0.2) is 0 Å². The Bertz CT molecular complexity index is 1540. The maximum absolute atomic E-state index is 11.5. The lowest BCUT2D eigenvalue weighted by molar-refractivity contribution is -0.383. The van der Waals surface area contributed by atoms with Crippen LogP contribution in [0, 0.1) is 10.1 Å². The van der Waals surface area contributed by atoms with Gasteiger partial charge in [-0.2, -0.15) is 0 Å². The molecule has 35 heavy (non-hydrogen) atoms. The van der Waals surface area contributed by atoms with Crippen molar-refractivity contribution in [3.05, 3.63) is 117 Å². The summed E-state index contributed by atoms with van der Waals surface area (Å²) < 4.78 is 0. The van der Waals surface area contributed by atoms with Crippen molar-refractivity contribution < 1.29 is 4.92 Å². The van der Waals surface area contributed by atoms with E-state index in [4.69, 9.17) is 0 Å². The van der Waals surface area contributed by atoms with Crippen LogP contribution < -0.4 is 0 Å². The number of hydrogen-bond donors (Lipinski definition) is 0. The summed E-state index contributed by atoms with van der Waals surface area (Å²) in [6, 6.07) is 17.8. The summed E-state index contributed by atoms with van der Waals surface area (Å²) >= 11 is 0. The Hall–Kier alpha value is -4.05. The van der Waals surface area contributed by atoms with E-state index in [0.29, 0.717) is 0 Å². The van der Waals surface area contributed by atoms with Gasteiger partial charge in [-0.15, -0.1) is 0 Å². The summed E-state index contributed by atoms with van der Waals surface area (Å²) in [7, 11) is 0. The molecule has 3 aliphatic carbocycles. The summed E-state index contributed by atoms with van der Waals surface area (Å²) in [5.41, 5.74) is 8.58. The smallest absolute Gasteiger partial charge is 0.258 e. The predicted molar refractivity (Wildman–Crippen MR) is 144 cm³/mol. The van der Waals surface area contributed by atoms with Crippen LogP contribution in [0.25, 0.3) is 22.4 Å². The van der Waals surface area contributed by atoms with Gasteiger partial charge in [0.1, 0.15) is 0 Å². The van der Waals surface area contributed by atoms with Gasteiger partial charge in [0.2, 0.25) is 0 Å². The van der Waals surface area contributed by atoms with Crippen LogP contribution in [0.3, 0.4) is 0 Å². The first-order valence-corrected chi connectivity index (χ1v) is 12.2. The van der Waals surface area contributed by atoms with Gasteiger partial charge in [0.05, 0.1) is 21.7 Å². The molecule has 0 saturated heterocycles. The molecule has 0 fully saturated rings. The minimum Gasteiger partial charge on any atom is -0.258 e. The highest BCUT2D eigenvalue weighted by molar-refractivity contribution is 6.30. The predicted octanol–water partition coefficient (Wildman–Crippen LogP) is 8.26. The fourth-order valence-electron chi connectivity index (χ4n) is 5.81. The third-order valence-corrected chi connectivity index (χ3v) is 7.64. The number of benzene rings is 3. The molecule has 1 heterocycles. The van der Waals surface area contributed by atoms with Crippen molar-refractivity contribution in [3.8, 4) is 0 Å². The Morgan fingerprint density at radius 3 is 2.69 bits per heavy atom. The van der Waals surface area contributed by atoms with Crippen LogP contribution in [0.5, 0.6) is 0 Å². The molecular formula is C31H26N2O2. The zero-order valence-electron chi connectivity index (χ0n) is 19.7. The molecule has 4 aliphatic rings. The second kappa shape index (κ2) is 8.31. The Balaban J connectivity index is 0.000000149. The second-order valence-electron chi connectivity index (χ2n) is 9.67. The monoisotopic (exact) mass is 458 g/mol. The normalized spacial score (nSPS) is 20.9. The number of nitro groups is 1. The molecule has 1 unspecified atom stereocenters. The number of aliphatic imine (C=N–C) groups is 1. The lowest BCUT2D eigenvalue weighted by Gasteiger charge is -2.38. The van der Waals surface area contributed by atoms with E-state index in [1.54, 1.807) is 6.07 Å². The number of nitro benzene ring substituents is 1. The number of nitrogens with zero attached hydrogens (tertiary/aromatic N) is 2. The van der Waals surface area contributed by atoms with Crippen molar-refractivity contribution >= 4 is 39.5 Å². The largest absolute Gasteiger partial charge is 0.277 e. The molecule has 0 radical (unpaired) electrons. The average molecular weight is 459 g/mol. The van der Waals surface area contributed by atoms with Crippen molar-refractivity contribution in [2.75, 3.05) is 0 Å². The van der Waals surface area contributed by atoms with E-state index in [0.717, 1.165) is 53.3 Å². The van der Waals surface area contributed by atoms with Crippen LogP contribution in [0.2, 0.25) is 0 Å². The van der Waals surface area contributed by atoms with Crippen LogP contribution in [-0.4, -0.2) is 10.6 Å². The van der Waals surface area contributed by atoms with E-state index in [9.17, 15) is 10.1 Å². The molecule has 0 aromatic heterocycles. The third-order valence-electron chi connectivity index (χ3n) is 7.64. The summed E-state index contributed by atoms with van der Waals surface area (Å²) in [6.45, 7) is 2.22. The van der Waals surface area contributed by atoms with Gasteiger partial charge < -0.3 is 0 Å². The zero-order valence-corrected chi connectivity index (χ0v) is 19.7. The number of rotatable bonds is 1. The van der Waals surface area contributed by atoms with E-state index in [1.807, 2.05) is 30.3 Å². The summed E-state index contributed by atoms with van der Waals surface area (Å²) in [6.07, 6.45) is 17.3. The summed E-state index contributed by atoms with van der Waals surface area (Å²) in [5.74, 6) is 0. The average Bonchev–Trinajstić information content (AvgIpc) is 3.27. The highest BCUT2D eigenvalue weighted by Gasteiger charge is 2.37. The maximum Gasteiger partial charge on any atom is 0.277 e. The van der Waals surface area contributed by atoms with Gasteiger partial charge in [0.25, 0.3) is 5.69 Å². The van der Waals surface area contributed by atoms with E-state index in [-0.39, 0.29) is 16.0 Å². The second-order valence-corrected chi connectivity index (χ2v) is 9.67. The fraction of sp³-hybridized carbons (Fsp3) is 0.194. The standard InChI is InChI=1S/C19H17NO2.C12H9N/c1-19-11-5-4-6-13(19)9-10-15-14-7-2-3-8-16(14)18(20(21)22)12-17(15)19;1-3-7-11-9(5-1)10-6-2-4-8-12(10)13-11/h2-3,6-10,12H,4-5,11H2,1H3;1-7H,8H2. The summed E-state index contributed by atoms with van der Waals surface area (Å²) in [4.78, 5) is 15.9. The molecule has 3 aromatic carbocycles. The lowest BCUT2D eigenvalue weighted by atomic mass is 9.65. The first-order chi connectivity index (χ1) is 17.1. The Morgan fingerprint density at radius 2 is 1.83 bits per heavy atom. The fourth-order valence-corrected chi connectivity index (χ4v) is 5.81. The van der Waals surface area contributed by atoms with Gasteiger partial charge >= 0.3 is 0 Å². The van der Waals surface area contributed by atoms with Crippen LogP contribution in [0.4, 0.5) is 11.4 Å². The van der Waals surface area contributed by atoms with Crippen LogP contribution >= 0.6 is 0 Å². The number of fused-ring (bicyclic) bond motifs is 8. The van der Waals surface area contributed by atoms with Crippen molar-refractivity contribution in [2.24, 2.45) is 4.99 Å². The topological polar surface area (TPSA) is 55.5 Å². The van der Waals surface area contributed by atoms with E-state index in [2.05, 4.69) is 66.6 Å². The van der Waals surface area contributed by atoms with Gasteiger partial charge in [0, 0.05) is 29.0 Å². The van der Waals surface area contributed by atoms with Gasteiger partial charge in [-0.3, -0.25) is 15.1 Å². The molecule has 0 N–H and O–H groups in total. The SMILES string of the molecule is C1=CCC2=Nc3ccccc3C2=C1.CC12CCCC=C1C=Cc1c2cc([N+](=O)[O-])c2ccccc12. The molecule has 0 amide bonds. The molecule has 0 saturated carbocycles. The van der Waals surface area contributed by atoms with Gasteiger partial charge in [-0.1, -0.05) is 79.8 Å². The Labute approximate surface area is 204 Å². The molecule has 7 rings (SSSR count). The van der Waals surface area contributed by atoms with Gasteiger partial charge in [0.15, 0.2) is 0 Å². The Morgan fingerprint density at radius 1 is 1.03 bits per heavy atom. The minimum atomic E-state index is -0.253. The number of para-hydroxylation sites is 1. The summed E-state index contributed by atoms with van der Waals surface area (Å²) in [5, 5.41) is 13.2. The highest BCUT2D eigenvalue weighted by atomic mass is 16.6. The molecule has 4 heteroatoms. The van der Waals surface area contributed by atoms with Crippen molar-refractivity contribution in [3.63, 3.8) is 0 Å².